The second-order valence-corrected chi connectivity index (χ2v) is 30.3. The molecule has 6 saturated heterocycles. The number of hydrogen-bond acceptors (Lipinski definition) is 20. The number of esters is 3. The molecule has 6 rings (SSSR count). The zero-order valence-corrected chi connectivity index (χ0v) is 65.4. The number of carbonyl (C=O) groups excluding carboxylic acids is 12. The number of carbonyl (C=O) groups is 12. The van der Waals surface area contributed by atoms with Crippen LogP contribution in [0.15, 0.2) is 12.8 Å². The van der Waals surface area contributed by atoms with Crippen molar-refractivity contribution >= 4 is 103 Å². The van der Waals surface area contributed by atoms with Crippen LogP contribution in [0.5, 0.6) is 0 Å². The topological polar surface area (TPSA) is 323 Å². The first-order chi connectivity index (χ1) is 47.2. The molecule has 6 fully saturated rings. The second kappa shape index (κ2) is 47.2. The van der Waals surface area contributed by atoms with Crippen LogP contribution in [0.1, 0.15) is 200 Å². The first-order valence-corrected chi connectivity index (χ1v) is 36.1. The molecule has 0 aromatic rings. The number of Topliss-reactive ketones (excluding diaryl/α,β-unsaturated/α-hetero) is 1. The van der Waals surface area contributed by atoms with Crippen molar-refractivity contribution in [2.75, 3.05) is 78.7 Å². The zero-order chi connectivity index (χ0) is 77.5. The van der Waals surface area contributed by atoms with E-state index >= 15 is 0 Å². The van der Waals surface area contributed by atoms with E-state index in [9.17, 15) is 57.5 Å². The lowest BCUT2D eigenvalue weighted by Gasteiger charge is -2.34. The maximum atomic E-state index is 12.5. The van der Waals surface area contributed by atoms with E-state index in [0.29, 0.717) is 109 Å². The molecule has 0 aromatic heterocycles. The normalized spacial score (nSPS) is 17.1. The van der Waals surface area contributed by atoms with Gasteiger partial charge in [0, 0.05) is 83.1 Å². The highest BCUT2D eigenvalue weighted by Gasteiger charge is 2.43. The lowest BCUT2D eigenvalue weighted by Crippen LogP contribution is -2.50. The SMILES string of the molecule is C#CCN.C#CCNC(CC(C)(C)C(=O)OCC)N1CCCC1=O.C#CCNC(CC(C)(C)C(=O)ON1C(=O)CCC1=O)N1CCCC1=O.C#CCNC(CC(C)(C)C(C)=O)N1CCCC1=O.C=CN1CCCC1=O.CCOC(=O)C(C)(C)Br.CCOC(=O)C(C)(C)CC(Br)N1CCCC1=O. The van der Waals surface area contributed by atoms with Gasteiger partial charge in [-0.25, -0.2) is 4.79 Å². The molecule has 101 heavy (non-hydrogen) atoms. The van der Waals surface area contributed by atoms with Gasteiger partial charge < -0.3 is 49.3 Å². The standard InChI is InChI=1S/C17H23N3O5.C15H24N2O3.C14H22N2O2.C12H20BrNO3.C6H11BrO2.C6H9NO.C3H5N/c1-4-9-18-12(19-10-5-6-13(19)21)11-17(2,3)16(24)25-20-14(22)7-8-15(20)23;1-5-9-16-12(17-10-7-8-13(17)18)11-15(3,4)14(19)20-6-2;1-5-8-15-12(10-14(3,4)11(2)17)16-9-6-7-13(16)18;1-4-17-11(16)12(2,3)8-9(13)14-7-5-6-10(14)15;1-4-9-5(8)6(2,3)7;1-2-7-5-3-4-6(7)8;1-2-3-4/h1,12,18H,5-11H2,2-3H3;1,12,16H,6-11H2,2-4H3;1,12,15H,6-10H2,2-4H3;9H,4-8H2,1-3H3;4H2,1-3H3;2H,1,3-5H2;1H,3-4H2. The van der Waals surface area contributed by atoms with Gasteiger partial charge in [-0.2, -0.15) is 0 Å². The summed E-state index contributed by atoms with van der Waals surface area (Å²) >= 11 is 6.67. The van der Waals surface area contributed by atoms with Crippen LogP contribution >= 0.6 is 31.9 Å². The number of ether oxygens (including phenoxy) is 3. The van der Waals surface area contributed by atoms with Crippen molar-refractivity contribution < 1.29 is 76.6 Å². The number of nitrogens with one attached hydrogen (secondary N) is 3. The van der Waals surface area contributed by atoms with Crippen LogP contribution < -0.4 is 21.7 Å². The summed E-state index contributed by atoms with van der Waals surface area (Å²) in [6, 6.07) is 0. The number of nitrogens with two attached hydrogens (primary N) is 1. The molecule has 4 unspecified atom stereocenters. The summed E-state index contributed by atoms with van der Waals surface area (Å²) in [6.45, 7) is 34.6. The van der Waals surface area contributed by atoms with Gasteiger partial charge in [-0.15, -0.1) is 30.8 Å². The molecular weight excluding hydrogens is 1430 g/mol. The van der Waals surface area contributed by atoms with Crippen molar-refractivity contribution in [1.29, 1.82) is 0 Å². The van der Waals surface area contributed by atoms with Gasteiger partial charge in [0.15, 0.2) is 0 Å². The maximum absolute atomic E-state index is 12.5. The lowest BCUT2D eigenvalue weighted by molar-refractivity contribution is -0.204. The van der Waals surface area contributed by atoms with E-state index in [1.165, 1.54) is 0 Å². The average Bonchev–Trinajstić information content (AvgIpc) is 1.78. The Hall–Kier alpha value is -7.18. The summed E-state index contributed by atoms with van der Waals surface area (Å²) in [6.07, 6.45) is 30.6. The molecule has 0 saturated carbocycles. The minimum atomic E-state index is -1.03. The van der Waals surface area contributed by atoms with E-state index in [0.717, 1.165) is 51.7 Å². The Morgan fingerprint density at radius 2 is 0.792 bits per heavy atom. The van der Waals surface area contributed by atoms with Crippen LogP contribution in [0, 0.1) is 71.0 Å². The predicted molar refractivity (Wildman–Crippen MR) is 392 cm³/mol. The number of halogens is 2. The van der Waals surface area contributed by atoms with Crippen molar-refractivity contribution in [3.63, 3.8) is 0 Å². The van der Waals surface area contributed by atoms with E-state index in [2.05, 4.69) is 84.5 Å². The molecule has 6 heterocycles. The Kier molecular flexibility index (Phi) is 43.8. The molecule has 4 atom stereocenters. The largest absolute Gasteiger partial charge is 0.466 e. The van der Waals surface area contributed by atoms with E-state index in [1.807, 2.05) is 46.4 Å². The number of imide groups is 1. The molecule has 0 aliphatic carbocycles. The summed E-state index contributed by atoms with van der Waals surface area (Å²) in [7, 11) is 0. The van der Waals surface area contributed by atoms with Gasteiger partial charge in [-0.3, -0.25) is 68.7 Å². The highest BCUT2D eigenvalue weighted by atomic mass is 79.9. The Morgan fingerprint density at radius 3 is 1.05 bits per heavy atom. The smallest absolute Gasteiger partial charge is 0.338 e. The van der Waals surface area contributed by atoms with Gasteiger partial charge in [-0.05, 0) is 147 Å². The molecular formula is C73H114Br2N10O16. The molecule has 0 radical (unpaired) electrons. The van der Waals surface area contributed by atoms with Gasteiger partial charge in [0.2, 0.25) is 29.5 Å². The summed E-state index contributed by atoms with van der Waals surface area (Å²) in [5, 5.41) is 9.94. The molecule has 28 heteroatoms. The Balaban J connectivity index is 0.00000121. The maximum Gasteiger partial charge on any atom is 0.338 e. The average molecular weight is 1550 g/mol. The fourth-order valence-electron chi connectivity index (χ4n) is 10.4. The Morgan fingerprint density at radius 1 is 0.485 bits per heavy atom. The van der Waals surface area contributed by atoms with Crippen LogP contribution in [0.4, 0.5) is 0 Å². The molecule has 5 N–H and O–H groups in total. The third-order valence-electron chi connectivity index (χ3n) is 16.6. The fraction of sp³-hybridized carbons (Fsp3) is 0.699. The van der Waals surface area contributed by atoms with Crippen molar-refractivity contribution in [3.05, 3.63) is 12.8 Å². The van der Waals surface area contributed by atoms with E-state index in [4.69, 9.17) is 44.1 Å². The number of likely N-dealkylation sites (tertiary alicyclic amines) is 5. The molecule has 26 nitrogen and oxygen atoms in total. The molecule has 0 spiro atoms. The summed E-state index contributed by atoms with van der Waals surface area (Å²) in [5.74, 6) is 8.02. The second-order valence-electron chi connectivity index (χ2n) is 27.3. The Labute approximate surface area is 617 Å². The van der Waals surface area contributed by atoms with Crippen molar-refractivity contribution in [3.8, 4) is 49.4 Å². The molecule has 0 aromatic carbocycles. The van der Waals surface area contributed by atoms with Crippen LogP contribution in [0.2, 0.25) is 0 Å². The number of terminal acetylenes is 4. The van der Waals surface area contributed by atoms with E-state index in [1.54, 1.807) is 81.2 Å². The third kappa shape index (κ3) is 34.1. The van der Waals surface area contributed by atoms with Crippen molar-refractivity contribution in [2.24, 2.45) is 27.4 Å². The minimum absolute atomic E-state index is 0.00332. The van der Waals surface area contributed by atoms with E-state index in [-0.39, 0.29) is 96.3 Å². The van der Waals surface area contributed by atoms with Crippen LogP contribution in [-0.2, 0) is 76.6 Å². The summed E-state index contributed by atoms with van der Waals surface area (Å²) in [4.78, 5) is 153. The molecule has 0 bridgehead atoms. The highest BCUT2D eigenvalue weighted by molar-refractivity contribution is 9.10. The number of nitrogens with zero attached hydrogens (tertiary/aromatic N) is 6. The molecule has 7 amide bonds. The summed E-state index contributed by atoms with van der Waals surface area (Å²) in [5.41, 5.74) is 2.08. The predicted octanol–water partition coefficient (Wildman–Crippen LogP) is 6.84. The lowest BCUT2D eigenvalue weighted by atomic mass is 9.83. The van der Waals surface area contributed by atoms with Gasteiger partial charge >= 0.3 is 23.9 Å². The quantitative estimate of drug-likeness (QED) is 0.0155. The molecule has 566 valence electrons. The number of alkyl halides is 2. The first-order valence-electron chi connectivity index (χ1n) is 34.4. The zero-order valence-electron chi connectivity index (χ0n) is 62.3. The molecule has 6 aliphatic rings. The first kappa shape index (κ1) is 93.8. The van der Waals surface area contributed by atoms with Gasteiger partial charge in [0.25, 0.3) is 11.8 Å². The van der Waals surface area contributed by atoms with Gasteiger partial charge in [0.05, 0.1) is 85.7 Å². The van der Waals surface area contributed by atoms with E-state index < -0.39 is 49.9 Å². The van der Waals surface area contributed by atoms with Crippen molar-refractivity contribution in [1.82, 2.24) is 45.5 Å². The third-order valence-corrected chi connectivity index (χ3v) is 17.7. The van der Waals surface area contributed by atoms with Crippen LogP contribution in [-0.4, -0.2) is 207 Å². The van der Waals surface area contributed by atoms with Crippen LogP contribution in [0.25, 0.3) is 0 Å². The number of ketones is 1. The number of hydroxylamine groups is 2. The highest BCUT2D eigenvalue weighted by Crippen LogP contribution is 2.33. The number of rotatable bonds is 28. The fourth-order valence-corrected chi connectivity index (χ4v) is 11.8. The van der Waals surface area contributed by atoms with Gasteiger partial charge in [0.1, 0.15) is 10.1 Å². The van der Waals surface area contributed by atoms with Crippen LogP contribution in [0.3, 0.4) is 0 Å². The minimum Gasteiger partial charge on any atom is -0.466 e. The van der Waals surface area contributed by atoms with Crippen molar-refractivity contribution in [2.45, 2.75) is 227 Å². The van der Waals surface area contributed by atoms with Gasteiger partial charge in [-0.1, -0.05) is 76.0 Å². The number of amides is 7. The molecule has 6 aliphatic heterocycles. The number of hydrogen-bond donors (Lipinski definition) is 4. The monoisotopic (exact) mass is 1540 g/mol. The Bertz CT molecular complexity index is 2940. The summed E-state index contributed by atoms with van der Waals surface area (Å²) < 4.78 is 14.3.